The van der Waals surface area contributed by atoms with E-state index in [-0.39, 0.29) is 18.2 Å². The van der Waals surface area contributed by atoms with Gasteiger partial charge < -0.3 is 5.32 Å². The number of carbonyl (C=O) groups excluding carboxylic acids is 2. The second kappa shape index (κ2) is 6.01. The van der Waals surface area contributed by atoms with Crippen LogP contribution in [-0.4, -0.2) is 41.8 Å². The van der Waals surface area contributed by atoms with Crippen LogP contribution in [0.4, 0.5) is 0 Å². The highest BCUT2D eigenvalue weighted by molar-refractivity contribution is 6.06. The lowest BCUT2D eigenvalue weighted by Crippen LogP contribution is -2.48. The number of likely N-dealkylation sites (tertiary alicyclic amines) is 1. The Morgan fingerprint density at radius 3 is 2.53 bits per heavy atom. The van der Waals surface area contributed by atoms with Gasteiger partial charge in [-0.15, -0.1) is 0 Å². The summed E-state index contributed by atoms with van der Waals surface area (Å²) in [6, 6.07) is -0.312. The lowest BCUT2D eigenvalue weighted by Gasteiger charge is -2.24. The number of rotatable bonds is 2. The van der Waals surface area contributed by atoms with Gasteiger partial charge in [-0.05, 0) is 12.8 Å². The zero-order chi connectivity index (χ0) is 13.8. The van der Waals surface area contributed by atoms with E-state index in [1.165, 1.54) is 26.3 Å². The maximum Gasteiger partial charge on any atom is 0.254 e. The SMILES string of the molecule is CN1C(=O)CC(N=C(NN)NC2CCCCC2)C1=O. The summed E-state index contributed by atoms with van der Waals surface area (Å²) >= 11 is 0. The fourth-order valence-corrected chi connectivity index (χ4v) is 2.55. The van der Waals surface area contributed by atoms with E-state index in [9.17, 15) is 9.59 Å². The van der Waals surface area contributed by atoms with Crippen LogP contribution in [-0.2, 0) is 9.59 Å². The Morgan fingerprint density at radius 2 is 2.00 bits per heavy atom. The van der Waals surface area contributed by atoms with E-state index in [0.29, 0.717) is 12.0 Å². The minimum absolute atomic E-state index is 0.118. The summed E-state index contributed by atoms with van der Waals surface area (Å²) in [5, 5.41) is 3.21. The molecular weight excluding hydrogens is 246 g/mol. The number of hydrogen-bond acceptors (Lipinski definition) is 4. The van der Waals surface area contributed by atoms with Crippen LogP contribution in [0.15, 0.2) is 4.99 Å². The van der Waals surface area contributed by atoms with Gasteiger partial charge in [0.1, 0.15) is 6.04 Å². The van der Waals surface area contributed by atoms with Crippen molar-refractivity contribution in [3.63, 3.8) is 0 Å². The van der Waals surface area contributed by atoms with Crippen LogP contribution in [0.25, 0.3) is 0 Å². The standard InChI is InChI=1S/C12H21N5O2/c1-17-10(18)7-9(11(17)19)15-12(16-13)14-8-5-3-2-4-6-8/h8-9H,2-7,13H2,1H3,(H2,14,15,16). The van der Waals surface area contributed by atoms with Crippen molar-refractivity contribution in [1.29, 1.82) is 0 Å². The number of likely N-dealkylation sites (N-methyl/N-ethyl adjacent to an activating group) is 1. The van der Waals surface area contributed by atoms with E-state index < -0.39 is 6.04 Å². The van der Waals surface area contributed by atoms with Gasteiger partial charge in [-0.3, -0.25) is 19.9 Å². The van der Waals surface area contributed by atoms with Crippen LogP contribution < -0.4 is 16.6 Å². The minimum Gasteiger partial charge on any atom is -0.353 e. The van der Waals surface area contributed by atoms with Crippen molar-refractivity contribution in [1.82, 2.24) is 15.6 Å². The number of hydrogen-bond donors (Lipinski definition) is 3. The fraction of sp³-hybridized carbons (Fsp3) is 0.750. The third-order valence-corrected chi connectivity index (χ3v) is 3.73. The topological polar surface area (TPSA) is 99.8 Å². The van der Waals surface area contributed by atoms with Gasteiger partial charge in [-0.2, -0.15) is 0 Å². The number of nitrogens with one attached hydrogen (secondary N) is 2. The lowest BCUT2D eigenvalue weighted by molar-refractivity contribution is -0.136. The Labute approximate surface area is 112 Å². The van der Waals surface area contributed by atoms with E-state index in [2.05, 4.69) is 15.7 Å². The Kier molecular flexibility index (Phi) is 4.36. The Bertz CT molecular complexity index is 390. The first-order valence-electron chi connectivity index (χ1n) is 6.73. The Hall–Kier alpha value is -1.63. The molecule has 1 aliphatic carbocycles. The molecule has 0 aromatic carbocycles. The third kappa shape index (κ3) is 3.23. The molecule has 7 nitrogen and oxygen atoms in total. The average Bonchev–Trinajstić information content (AvgIpc) is 2.67. The molecule has 0 aromatic rings. The molecule has 2 fully saturated rings. The summed E-state index contributed by atoms with van der Waals surface area (Å²) in [6.45, 7) is 0. The van der Waals surface area contributed by atoms with E-state index >= 15 is 0 Å². The highest BCUT2D eigenvalue weighted by Gasteiger charge is 2.36. The van der Waals surface area contributed by atoms with Crippen LogP contribution in [0.1, 0.15) is 38.5 Å². The molecule has 2 amide bonds. The molecule has 19 heavy (non-hydrogen) atoms. The summed E-state index contributed by atoms with van der Waals surface area (Å²) < 4.78 is 0. The van der Waals surface area contributed by atoms with Gasteiger partial charge in [0, 0.05) is 13.1 Å². The molecular formula is C12H21N5O2. The van der Waals surface area contributed by atoms with Crippen molar-refractivity contribution >= 4 is 17.8 Å². The lowest BCUT2D eigenvalue weighted by atomic mass is 9.96. The Morgan fingerprint density at radius 1 is 1.32 bits per heavy atom. The van der Waals surface area contributed by atoms with Crippen LogP contribution in [0, 0.1) is 0 Å². The third-order valence-electron chi connectivity index (χ3n) is 3.73. The van der Waals surface area contributed by atoms with Crippen molar-refractivity contribution < 1.29 is 9.59 Å². The van der Waals surface area contributed by atoms with Gasteiger partial charge in [0.2, 0.25) is 11.9 Å². The second-order valence-corrected chi connectivity index (χ2v) is 5.11. The zero-order valence-electron chi connectivity index (χ0n) is 11.2. The van der Waals surface area contributed by atoms with Crippen molar-refractivity contribution in [3.05, 3.63) is 0 Å². The first-order chi connectivity index (χ1) is 9.11. The molecule has 0 spiro atoms. The molecule has 1 aliphatic heterocycles. The molecule has 2 rings (SSSR count). The fourth-order valence-electron chi connectivity index (χ4n) is 2.55. The molecule has 2 aliphatic rings. The number of carbonyl (C=O) groups is 2. The average molecular weight is 267 g/mol. The van der Waals surface area contributed by atoms with E-state index in [1.807, 2.05) is 0 Å². The molecule has 0 aromatic heterocycles. The van der Waals surface area contributed by atoms with Crippen LogP contribution in [0.2, 0.25) is 0 Å². The molecule has 0 bridgehead atoms. The Balaban J connectivity index is 1.98. The van der Waals surface area contributed by atoms with Crippen LogP contribution in [0.5, 0.6) is 0 Å². The number of nitrogens with zero attached hydrogens (tertiary/aromatic N) is 2. The first kappa shape index (κ1) is 13.8. The quantitative estimate of drug-likeness (QED) is 0.206. The number of guanidine groups is 1. The minimum atomic E-state index is -0.653. The van der Waals surface area contributed by atoms with E-state index in [4.69, 9.17) is 5.84 Å². The number of aliphatic imine (C=N–C) groups is 1. The van der Waals surface area contributed by atoms with Crippen LogP contribution in [0.3, 0.4) is 0 Å². The maximum atomic E-state index is 11.8. The van der Waals surface area contributed by atoms with E-state index in [0.717, 1.165) is 17.7 Å². The normalized spacial score (nSPS) is 25.9. The predicted molar refractivity (Wildman–Crippen MR) is 70.9 cm³/mol. The first-order valence-corrected chi connectivity index (χ1v) is 6.73. The van der Waals surface area contributed by atoms with Gasteiger partial charge >= 0.3 is 0 Å². The molecule has 1 saturated carbocycles. The van der Waals surface area contributed by atoms with Gasteiger partial charge in [-0.1, -0.05) is 19.3 Å². The van der Waals surface area contributed by atoms with Crippen molar-refractivity contribution in [2.75, 3.05) is 7.05 Å². The zero-order valence-corrected chi connectivity index (χ0v) is 11.2. The number of imide groups is 1. The van der Waals surface area contributed by atoms with Gasteiger partial charge in [0.05, 0.1) is 6.42 Å². The monoisotopic (exact) mass is 267 g/mol. The predicted octanol–water partition coefficient (Wildman–Crippen LogP) is -0.515. The van der Waals surface area contributed by atoms with Gasteiger partial charge in [0.15, 0.2) is 0 Å². The van der Waals surface area contributed by atoms with Crippen molar-refractivity contribution in [2.24, 2.45) is 10.8 Å². The van der Waals surface area contributed by atoms with Crippen LogP contribution >= 0.6 is 0 Å². The van der Waals surface area contributed by atoms with E-state index in [1.54, 1.807) is 0 Å². The number of nitrogens with two attached hydrogens (primary N) is 1. The van der Waals surface area contributed by atoms with Gasteiger partial charge in [-0.25, -0.2) is 10.8 Å². The summed E-state index contributed by atoms with van der Waals surface area (Å²) in [5.74, 6) is 5.35. The molecule has 1 unspecified atom stereocenters. The molecule has 106 valence electrons. The summed E-state index contributed by atoms with van der Waals surface area (Å²) in [6.07, 6.45) is 5.93. The summed E-state index contributed by atoms with van der Waals surface area (Å²) in [7, 11) is 1.48. The second-order valence-electron chi connectivity index (χ2n) is 5.11. The largest absolute Gasteiger partial charge is 0.353 e. The molecule has 0 radical (unpaired) electrons. The van der Waals surface area contributed by atoms with Crippen molar-refractivity contribution in [3.8, 4) is 0 Å². The van der Waals surface area contributed by atoms with Crippen molar-refractivity contribution in [2.45, 2.75) is 50.6 Å². The number of hydrazine groups is 1. The molecule has 1 heterocycles. The smallest absolute Gasteiger partial charge is 0.254 e. The molecule has 1 atom stereocenters. The number of amides is 2. The highest BCUT2D eigenvalue weighted by atomic mass is 16.2. The summed E-state index contributed by atoms with van der Waals surface area (Å²) in [4.78, 5) is 28.5. The van der Waals surface area contributed by atoms with Gasteiger partial charge in [0.25, 0.3) is 5.91 Å². The summed E-state index contributed by atoms with van der Waals surface area (Å²) in [5.41, 5.74) is 2.48. The maximum absolute atomic E-state index is 11.8. The molecule has 4 N–H and O–H groups in total. The molecule has 7 heteroatoms. The highest BCUT2D eigenvalue weighted by Crippen LogP contribution is 2.18. The molecule has 1 saturated heterocycles.